The zero-order chi connectivity index (χ0) is 13.7. The average molecular weight is 271 g/mol. The third-order valence-corrected chi connectivity index (χ3v) is 3.78. The van der Waals surface area contributed by atoms with Crippen LogP contribution in [-0.4, -0.2) is 26.0 Å². The van der Waals surface area contributed by atoms with Crippen LogP contribution in [-0.2, 0) is 16.6 Å². The van der Waals surface area contributed by atoms with Crippen LogP contribution in [0.5, 0.6) is 0 Å². The zero-order valence-electron chi connectivity index (χ0n) is 9.79. The lowest BCUT2D eigenvalue weighted by molar-refractivity contribution is -0.385. The first kappa shape index (κ1) is 14.3. The van der Waals surface area contributed by atoms with Gasteiger partial charge in [0.2, 0.25) is 0 Å². The second kappa shape index (κ2) is 6.25. The van der Waals surface area contributed by atoms with Crippen molar-refractivity contribution in [2.45, 2.75) is 19.1 Å². The molecule has 0 saturated heterocycles. The van der Waals surface area contributed by atoms with E-state index in [9.17, 15) is 19.1 Å². The van der Waals surface area contributed by atoms with Crippen LogP contribution in [0.25, 0.3) is 0 Å². The van der Waals surface area contributed by atoms with E-state index in [0.717, 1.165) is 6.07 Å². The lowest BCUT2D eigenvalue weighted by atomic mass is 10.1. The maximum absolute atomic E-state index is 11.6. The monoisotopic (exact) mass is 271 g/mol. The largest absolute Gasteiger partial charge is 0.477 e. The van der Waals surface area contributed by atoms with Crippen molar-refractivity contribution in [3.8, 4) is 0 Å². The lowest BCUT2D eigenvalue weighted by Gasteiger charge is -2.06. The average Bonchev–Trinajstić information content (AvgIpc) is 2.28. The fraction of sp³-hybridized carbons (Fsp3) is 0.364. The Kier molecular flexibility index (Phi) is 4.96. The molecule has 0 radical (unpaired) electrons. The van der Waals surface area contributed by atoms with Gasteiger partial charge in [-0.2, -0.15) is 0 Å². The summed E-state index contributed by atoms with van der Waals surface area (Å²) in [5, 5.41) is 19.8. The molecule has 0 heterocycles. The van der Waals surface area contributed by atoms with Crippen molar-refractivity contribution < 1.29 is 19.0 Å². The summed E-state index contributed by atoms with van der Waals surface area (Å²) in [6, 6.07) is 4.00. The van der Waals surface area contributed by atoms with Crippen LogP contribution in [0, 0.1) is 10.1 Å². The van der Waals surface area contributed by atoms with Gasteiger partial charge in [0.1, 0.15) is 5.56 Å². The number of carbonyl (C=O) groups is 1. The summed E-state index contributed by atoms with van der Waals surface area (Å²) in [4.78, 5) is 21.1. The van der Waals surface area contributed by atoms with E-state index < -0.39 is 27.4 Å². The van der Waals surface area contributed by atoms with E-state index in [1.54, 1.807) is 0 Å². The fourth-order valence-corrected chi connectivity index (χ4v) is 2.77. The molecule has 0 aliphatic carbocycles. The van der Waals surface area contributed by atoms with E-state index in [0.29, 0.717) is 12.2 Å². The number of hydrogen-bond acceptors (Lipinski definition) is 4. The van der Waals surface area contributed by atoms with E-state index >= 15 is 0 Å². The minimum Gasteiger partial charge on any atom is -0.477 e. The van der Waals surface area contributed by atoms with Crippen LogP contribution in [0.15, 0.2) is 18.2 Å². The van der Waals surface area contributed by atoms with Crippen molar-refractivity contribution in [2.75, 3.05) is 5.75 Å². The Hall–Kier alpha value is -1.76. The summed E-state index contributed by atoms with van der Waals surface area (Å²) in [6.07, 6.45) is 0.712. The SMILES string of the molecule is CCCS(=O)Cc1cccc([N+](=O)[O-])c1C(=O)O. The van der Waals surface area contributed by atoms with E-state index in [1.165, 1.54) is 12.1 Å². The predicted molar refractivity (Wildman–Crippen MR) is 67.1 cm³/mol. The summed E-state index contributed by atoms with van der Waals surface area (Å²) < 4.78 is 11.6. The van der Waals surface area contributed by atoms with Gasteiger partial charge >= 0.3 is 5.97 Å². The number of rotatable bonds is 6. The molecule has 0 aliphatic heterocycles. The number of aromatic carboxylic acids is 1. The molecule has 0 amide bonds. The summed E-state index contributed by atoms with van der Waals surface area (Å²) in [5.74, 6) is -0.898. The minimum atomic E-state index is -1.37. The Bertz CT molecular complexity index is 500. The highest BCUT2D eigenvalue weighted by Crippen LogP contribution is 2.23. The molecule has 1 rings (SSSR count). The van der Waals surface area contributed by atoms with E-state index in [4.69, 9.17) is 5.11 Å². The van der Waals surface area contributed by atoms with Crippen LogP contribution >= 0.6 is 0 Å². The van der Waals surface area contributed by atoms with Crippen LogP contribution in [0.2, 0.25) is 0 Å². The van der Waals surface area contributed by atoms with Crippen molar-refractivity contribution >= 4 is 22.5 Å². The summed E-state index contributed by atoms with van der Waals surface area (Å²) in [6.45, 7) is 1.86. The molecule has 0 bridgehead atoms. The number of nitrogens with zero attached hydrogens (tertiary/aromatic N) is 1. The van der Waals surface area contributed by atoms with Gasteiger partial charge in [-0.25, -0.2) is 4.79 Å². The van der Waals surface area contributed by atoms with Crippen LogP contribution in [0.1, 0.15) is 29.3 Å². The number of carboxylic acids is 1. The van der Waals surface area contributed by atoms with E-state index in [2.05, 4.69) is 0 Å². The molecule has 6 nitrogen and oxygen atoms in total. The Balaban J connectivity index is 3.19. The second-order valence-corrected chi connectivity index (χ2v) is 5.24. The Morgan fingerprint density at radius 2 is 2.17 bits per heavy atom. The van der Waals surface area contributed by atoms with Crippen molar-refractivity contribution in [1.29, 1.82) is 0 Å². The highest BCUT2D eigenvalue weighted by Gasteiger charge is 2.23. The smallest absolute Gasteiger partial charge is 0.343 e. The Labute approximate surface area is 106 Å². The molecule has 0 aromatic heterocycles. The topological polar surface area (TPSA) is 97.5 Å². The maximum atomic E-state index is 11.6. The van der Waals surface area contributed by atoms with Gasteiger partial charge in [0.15, 0.2) is 0 Å². The Morgan fingerprint density at radius 3 is 2.67 bits per heavy atom. The molecule has 1 N–H and O–H groups in total. The molecule has 1 atom stereocenters. The van der Waals surface area contributed by atoms with Crippen molar-refractivity contribution in [2.24, 2.45) is 0 Å². The minimum absolute atomic E-state index is 0.0250. The second-order valence-electron chi connectivity index (χ2n) is 3.66. The van der Waals surface area contributed by atoms with Gasteiger partial charge in [-0.15, -0.1) is 0 Å². The van der Waals surface area contributed by atoms with Gasteiger partial charge in [0, 0.05) is 28.4 Å². The molecule has 0 spiro atoms. The van der Waals surface area contributed by atoms with Crippen molar-refractivity contribution in [1.82, 2.24) is 0 Å². The van der Waals surface area contributed by atoms with Crippen molar-refractivity contribution in [3.63, 3.8) is 0 Å². The summed E-state index contributed by atoms with van der Waals surface area (Å²) in [7, 11) is -1.21. The molecule has 18 heavy (non-hydrogen) atoms. The number of nitro benzene ring substituents is 1. The number of hydrogen-bond donors (Lipinski definition) is 1. The summed E-state index contributed by atoms with van der Waals surface area (Å²) in [5.41, 5.74) is -0.594. The van der Waals surface area contributed by atoms with Gasteiger partial charge in [-0.1, -0.05) is 19.1 Å². The van der Waals surface area contributed by atoms with E-state index in [1.807, 2.05) is 6.92 Å². The van der Waals surface area contributed by atoms with Gasteiger partial charge in [-0.05, 0) is 12.0 Å². The number of carboxylic acid groups (broad SMARTS) is 1. The lowest BCUT2D eigenvalue weighted by Crippen LogP contribution is -2.10. The molecule has 1 aromatic rings. The quantitative estimate of drug-likeness (QED) is 0.630. The maximum Gasteiger partial charge on any atom is 0.343 e. The molecular formula is C11H13NO5S. The molecule has 1 aromatic carbocycles. The van der Waals surface area contributed by atoms with Crippen LogP contribution < -0.4 is 0 Å². The predicted octanol–water partition coefficient (Wildman–Crippen LogP) is 1.95. The molecular weight excluding hydrogens is 258 g/mol. The van der Waals surface area contributed by atoms with Gasteiger partial charge in [0.25, 0.3) is 5.69 Å². The Morgan fingerprint density at radius 1 is 1.50 bits per heavy atom. The number of benzene rings is 1. The number of nitro groups is 1. The molecule has 7 heteroatoms. The van der Waals surface area contributed by atoms with Crippen LogP contribution in [0.4, 0.5) is 5.69 Å². The normalized spacial score (nSPS) is 12.1. The van der Waals surface area contributed by atoms with Crippen LogP contribution in [0.3, 0.4) is 0 Å². The fourth-order valence-electron chi connectivity index (χ4n) is 1.58. The van der Waals surface area contributed by atoms with Crippen molar-refractivity contribution in [3.05, 3.63) is 39.4 Å². The van der Waals surface area contributed by atoms with Gasteiger partial charge in [-0.3, -0.25) is 14.3 Å². The summed E-state index contributed by atoms with van der Waals surface area (Å²) >= 11 is 0. The zero-order valence-corrected chi connectivity index (χ0v) is 10.6. The first-order valence-corrected chi connectivity index (χ1v) is 6.80. The first-order chi connectivity index (χ1) is 8.47. The molecule has 0 fully saturated rings. The molecule has 0 saturated carbocycles. The highest BCUT2D eigenvalue weighted by molar-refractivity contribution is 7.84. The first-order valence-electron chi connectivity index (χ1n) is 5.32. The molecule has 0 aliphatic rings. The van der Waals surface area contributed by atoms with E-state index in [-0.39, 0.29) is 16.9 Å². The van der Waals surface area contributed by atoms with Gasteiger partial charge < -0.3 is 5.11 Å². The molecule has 1 unspecified atom stereocenters. The van der Waals surface area contributed by atoms with Gasteiger partial charge in [0.05, 0.1) is 4.92 Å². The highest BCUT2D eigenvalue weighted by atomic mass is 32.2. The third kappa shape index (κ3) is 3.36. The molecule has 98 valence electrons. The standard InChI is InChI=1S/C11H13NO5S/c1-2-6-18(17)7-8-4-3-5-9(12(15)16)10(8)11(13)14/h3-5H,2,6-7H2,1H3,(H,13,14). The third-order valence-electron chi connectivity index (χ3n) is 2.29.